The summed E-state index contributed by atoms with van der Waals surface area (Å²) in [6, 6.07) is 5.25. The minimum absolute atomic E-state index is 0.268. The third-order valence-corrected chi connectivity index (χ3v) is 3.17. The van der Waals surface area contributed by atoms with E-state index in [4.69, 9.17) is 0 Å². The summed E-state index contributed by atoms with van der Waals surface area (Å²) in [7, 11) is 2.00. The second kappa shape index (κ2) is 6.23. The van der Waals surface area contributed by atoms with Gasteiger partial charge in [-0.15, -0.1) is 0 Å². The summed E-state index contributed by atoms with van der Waals surface area (Å²) < 4.78 is 0.995. The Kier molecular flexibility index (Phi) is 5.25. The molecule has 1 unspecified atom stereocenters. The molecule has 1 rings (SSSR count). The molecular formula is C12H18BrNO2. The number of phenols is 1. The molecule has 0 aromatic heterocycles. The fraction of sp³-hybridized carbons (Fsp3) is 0.500. The van der Waals surface area contributed by atoms with Crippen LogP contribution in [0.2, 0.25) is 0 Å². The van der Waals surface area contributed by atoms with Crippen molar-refractivity contribution in [2.45, 2.75) is 26.0 Å². The van der Waals surface area contributed by atoms with Gasteiger partial charge in [-0.1, -0.05) is 15.9 Å². The van der Waals surface area contributed by atoms with Gasteiger partial charge in [0.05, 0.1) is 6.10 Å². The molecule has 2 N–H and O–H groups in total. The van der Waals surface area contributed by atoms with Crippen molar-refractivity contribution in [3.8, 4) is 5.75 Å². The first-order chi connectivity index (χ1) is 7.49. The van der Waals surface area contributed by atoms with E-state index in [0.717, 1.165) is 29.5 Å². The fourth-order valence-electron chi connectivity index (χ4n) is 1.46. The monoisotopic (exact) mass is 287 g/mol. The number of halogens is 1. The van der Waals surface area contributed by atoms with Gasteiger partial charge >= 0.3 is 0 Å². The van der Waals surface area contributed by atoms with Crippen LogP contribution in [0.3, 0.4) is 0 Å². The van der Waals surface area contributed by atoms with Crippen LogP contribution in [0.1, 0.15) is 18.9 Å². The molecule has 0 fully saturated rings. The normalized spacial score (nSPS) is 13.1. The van der Waals surface area contributed by atoms with Crippen molar-refractivity contribution in [2.75, 3.05) is 13.6 Å². The molecule has 0 aliphatic heterocycles. The molecular weight excluding hydrogens is 270 g/mol. The first-order valence-electron chi connectivity index (χ1n) is 5.33. The van der Waals surface area contributed by atoms with E-state index in [1.165, 1.54) is 0 Å². The molecule has 0 aliphatic carbocycles. The molecule has 4 heteroatoms. The summed E-state index contributed by atoms with van der Waals surface area (Å²) in [6.45, 7) is 3.37. The minimum Gasteiger partial charge on any atom is -0.508 e. The van der Waals surface area contributed by atoms with E-state index in [2.05, 4.69) is 20.8 Å². The zero-order valence-corrected chi connectivity index (χ0v) is 11.2. The molecule has 1 atom stereocenters. The number of benzene rings is 1. The Morgan fingerprint density at radius 3 is 2.75 bits per heavy atom. The van der Waals surface area contributed by atoms with Crippen LogP contribution in [-0.2, 0) is 6.54 Å². The zero-order valence-electron chi connectivity index (χ0n) is 9.65. The van der Waals surface area contributed by atoms with Gasteiger partial charge in [-0.25, -0.2) is 0 Å². The van der Waals surface area contributed by atoms with Crippen molar-refractivity contribution in [3.05, 3.63) is 28.2 Å². The summed E-state index contributed by atoms with van der Waals surface area (Å²) in [5, 5.41) is 18.6. The van der Waals surface area contributed by atoms with Gasteiger partial charge in [0.2, 0.25) is 0 Å². The summed E-state index contributed by atoms with van der Waals surface area (Å²) in [5.41, 5.74) is 1.05. The van der Waals surface area contributed by atoms with Gasteiger partial charge in [-0.2, -0.15) is 0 Å². The summed E-state index contributed by atoms with van der Waals surface area (Å²) in [5.74, 6) is 0.280. The van der Waals surface area contributed by atoms with E-state index < -0.39 is 0 Å². The Morgan fingerprint density at radius 1 is 1.44 bits per heavy atom. The van der Waals surface area contributed by atoms with Gasteiger partial charge in [-0.3, -0.25) is 0 Å². The van der Waals surface area contributed by atoms with Crippen LogP contribution < -0.4 is 0 Å². The van der Waals surface area contributed by atoms with Crippen LogP contribution in [-0.4, -0.2) is 34.8 Å². The number of hydrogen-bond donors (Lipinski definition) is 2. The quantitative estimate of drug-likeness (QED) is 0.874. The van der Waals surface area contributed by atoms with Gasteiger partial charge < -0.3 is 15.1 Å². The Morgan fingerprint density at radius 2 is 2.12 bits per heavy atom. The van der Waals surface area contributed by atoms with E-state index in [9.17, 15) is 10.2 Å². The topological polar surface area (TPSA) is 43.7 Å². The molecule has 0 aliphatic rings. The number of aliphatic hydroxyl groups excluding tert-OH is 1. The van der Waals surface area contributed by atoms with E-state index in [0.29, 0.717) is 0 Å². The molecule has 0 bridgehead atoms. The van der Waals surface area contributed by atoms with Crippen molar-refractivity contribution in [3.63, 3.8) is 0 Å². The first-order valence-corrected chi connectivity index (χ1v) is 6.12. The molecule has 0 saturated heterocycles. The van der Waals surface area contributed by atoms with E-state index in [1.807, 2.05) is 13.1 Å². The molecule has 0 spiro atoms. The highest BCUT2D eigenvalue weighted by atomic mass is 79.9. The third kappa shape index (κ3) is 4.51. The molecule has 0 amide bonds. The average molecular weight is 288 g/mol. The second-order valence-corrected chi connectivity index (χ2v) is 5.01. The first kappa shape index (κ1) is 13.5. The minimum atomic E-state index is -0.268. The van der Waals surface area contributed by atoms with Crippen LogP contribution in [0.25, 0.3) is 0 Å². The number of hydrogen-bond acceptors (Lipinski definition) is 3. The lowest BCUT2D eigenvalue weighted by Gasteiger charge is -2.18. The molecule has 0 radical (unpaired) electrons. The Bertz CT molecular complexity index is 342. The highest BCUT2D eigenvalue weighted by Crippen LogP contribution is 2.22. The van der Waals surface area contributed by atoms with Crippen LogP contribution in [0, 0.1) is 0 Å². The molecule has 1 aromatic rings. The highest BCUT2D eigenvalue weighted by molar-refractivity contribution is 9.10. The standard InChI is InChI=1S/C12H18BrNO2/c1-9(15)5-6-14(2)8-10-7-11(16)3-4-12(10)13/h3-4,7,9,15-16H,5-6,8H2,1-2H3. The van der Waals surface area contributed by atoms with E-state index >= 15 is 0 Å². The van der Waals surface area contributed by atoms with Gasteiger partial charge in [0.1, 0.15) is 5.75 Å². The van der Waals surface area contributed by atoms with Crippen LogP contribution in [0.4, 0.5) is 0 Å². The summed E-state index contributed by atoms with van der Waals surface area (Å²) >= 11 is 3.45. The van der Waals surface area contributed by atoms with Gasteiger partial charge in [0.15, 0.2) is 0 Å². The Balaban J connectivity index is 2.55. The van der Waals surface area contributed by atoms with Crippen molar-refractivity contribution < 1.29 is 10.2 Å². The smallest absolute Gasteiger partial charge is 0.115 e. The summed E-state index contributed by atoms with van der Waals surface area (Å²) in [4.78, 5) is 2.12. The van der Waals surface area contributed by atoms with Crippen LogP contribution >= 0.6 is 15.9 Å². The van der Waals surface area contributed by atoms with Crippen molar-refractivity contribution in [1.29, 1.82) is 0 Å². The number of aliphatic hydroxyl groups is 1. The van der Waals surface area contributed by atoms with Crippen molar-refractivity contribution in [1.82, 2.24) is 4.90 Å². The predicted molar refractivity (Wildman–Crippen MR) is 68.4 cm³/mol. The van der Waals surface area contributed by atoms with Crippen molar-refractivity contribution in [2.24, 2.45) is 0 Å². The van der Waals surface area contributed by atoms with E-state index in [1.54, 1.807) is 19.1 Å². The molecule has 16 heavy (non-hydrogen) atoms. The molecule has 3 nitrogen and oxygen atoms in total. The Labute approximate surface area is 105 Å². The van der Waals surface area contributed by atoms with Gasteiger partial charge in [0, 0.05) is 17.6 Å². The maximum Gasteiger partial charge on any atom is 0.115 e. The SMILES string of the molecule is CC(O)CCN(C)Cc1cc(O)ccc1Br. The van der Waals surface area contributed by atoms with Gasteiger partial charge in [0.25, 0.3) is 0 Å². The number of phenolic OH excluding ortho intramolecular Hbond substituents is 1. The molecule has 1 aromatic carbocycles. The van der Waals surface area contributed by atoms with E-state index in [-0.39, 0.29) is 11.9 Å². The third-order valence-electron chi connectivity index (χ3n) is 2.40. The summed E-state index contributed by atoms with van der Waals surface area (Å²) in [6.07, 6.45) is 0.488. The average Bonchev–Trinajstić information content (AvgIpc) is 2.20. The lowest BCUT2D eigenvalue weighted by atomic mass is 10.2. The second-order valence-electron chi connectivity index (χ2n) is 4.15. The maximum absolute atomic E-state index is 9.39. The molecule has 0 heterocycles. The lowest BCUT2D eigenvalue weighted by Crippen LogP contribution is -2.22. The highest BCUT2D eigenvalue weighted by Gasteiger charge is 2.06. The maximum atomic E-state index is 9.39. The number of rotatable bonds is 5. The predicted octanol–water partition coefficient (Wildman–Crippen LogP) is 2.36. The lowest BCUT2D eigenvalue weighted by molar-refractivity contribution is 0.163. The van der Waals surface area contributed by atoms with Crippen LogP contribution in [0.15, 0.2) is 22.7 Å². The van der Waals surface area contributed by atoms with Gasteiger partial charge in [-0.05, 0) is 44.2 Å². The fourth-order valence-corrected chi connectivity index (χ4v) is 1.83. The molecule has 0 saturated carbocycles. The number of aromatic hydroxyl groups is 1. The largest absolute Gasteiger partial charge is 0.508 e. The molecule has 90 valence electrons. The zero-order chi connectivity index (χ0) is 12.1. The number of nitrogens with zero attached hydrogens (tertiary/aromatic N) is 1. The van der Waals surface area contributed by atoms with Crippen LogP contribution in [0.5, 0.6) is 5.75 Å². The van der Waals surface area contributed by atoms with Crippen molar-refractivity contribution >= 4 is 15.9 Å². The Hall–Kier alpha value is -0.580.